The van der Waals surface area contributed by atoms with Crippen LogP contribution in [0.15, 0.2) is 23.3 Å². The molecule has 0 amide bonds. The van der Waals surface area contributed by atoms with E-state index < -0.39 is 16.5 Å². The lowest BCUT2D eigenvalue weighted by Gasteiger charge is -2.33. The predicted molar refractivity (Wildman–Crippen MR) is 88.1 cm³/mol. The standard InChI is InChI=1S/C15H31FSi2/c1-13(2)10-9-11-14(3)12-15(17(4,5)6)18(7,8)16/h10,12,15H,9,11H2,1-8H3/b14-12+. The van der Waals surface area contributed by atoms with Gasteiger partial charge in [-0.2, -0.15) is 0 Å². The molecular weight excluding hydrogens is 255 g/mol. The second-order valence-corrected chi connectivity index (χ2v) is 16.9. The van der Waals surface area contributed by atoms with E-state index in [1.54, 1.807) is 0 Å². The van der Waals surface area contributed by atoms with Crippen LogP contribution in [0.5, 0.6) is 0 Å². The Bertz CT molecular complexity index is 298. The van der Waals surface area contributed by atoms with Crippen LogP contribution in [0.25, 0.3) is 0 Å². The van der Waals surface area contributed by atoms with E-state index >= 15 is 0 Å². The molecule has 18 heavy (non-hydrogen) atoms. The van der Waals surface area contributed by atoms with Gasteiger partial charge in [0, 0.05) is 0 Å². The van der Waals surface area contributed by atoms with Crippen LogP contribution in [-0.4, -0.2) is 16.5 Å². The van der Waals surface area contributed by atoms with E-state index in [0.29, 0.717) is 0 Å². The van der Waals surface area contributed by atoms with E-state index in [4.69, 9.17) is 0 Å². The Morgan fingerprint density at radius 1 is 1.06 bits per heavy atom. The highest BCUT2D eigenvalue weighted by molar-refractivity contribution is 6.94. The van der Waals surface area contributed by atoms with Gasteiger partial charge in [-0.25, -0.2) is 0 Å². The average molecular weight is 287 g/mol. The normalized spacial score (nSPS) is 15.5. The number of rotatable bonds is 6. The summed E-state index contributed by atoms with van der Waals surface area (Å²) in [6, 6.07) is 0. The highest BCUT2D eigenvalue weighted by Gasteiger charge is 2.40. The molecule has 1 atom stereocenters. The van der Waals surface area contributed by atoms with E-state index in [1.165, 1.54) is 11.1 Å². The van der Waals surface area contributed by atoms with Crippen LogP contribution in [0, 0.1) is 0 Å². The molecule has 0 saturated heterocycles. The molecule has 3 heteroatoms. The Hall–Kier alpha value is -0.156. The van der Waals surface area contributed by atoms with Crippen LogP contribution in [0.4, 0.5) is 4.11 Å². The van der Waals surface area contributed by atoms with Gasteiger partial charge in [-0.05, 0) is 51.9 Å². The van der Waals surface area contributed by atoms with Crippen LogP contribution < -0.4 is 0 Å². The minimum atomic E-state index is -2.58. The molecule has 0 aromatic heterocycles. The lowest BCUT2D eigenvalue weighted by atomic mass is 10.1. The summed E-state index contributed by atoms with van der Waals surface area (Å²) < 4.78 is 14.5. The van der Waals surface area contributed by atoms with Crippen molar-refractivity contribution in [1.29, 1.82) is 0 Å². The molecule has 0 N–H and O–H groups in total. The van der Waals surface area contributed by atoms with Crippen molar-refractivity contribution in [3.63, 3.8) is 0 Å². The van der Waals surface area contributed by atoms with Crippen LogP contribution in [-0.2, 0) is 0 Å². The van der Waals surface area contributed by atoms with E-state index in [2.05, 4.69) is 52.6 Å². The summed E-state index contributed by atoms with van der Waals surface area (Å²) in [5, 5.41) is 0.233. The summed E-state index contributed by atoms with van der Waals surface area (Å²) in [5.74, 6) is 0. The highest BCUT2D eigenvalue weighted by Crippen LogP contribution is 2.35. The van der Waals surface area contributed by atoms with Gasteiger partial charge >= 0.3 is 0 Å². The zero-order valence-corrected chi connectivity index (χ0v) is 15.5. The first-order chi connectivity index (χ1) is 7.94. The Balaban J connectivity index is 4.81. The molecule has 0 spiro atoms. The van der Waals surface area contributed by atoms with Gasteiger partial charge in [-0.1, -0.05) is 42.9 Å². The second-order valence-electron chi connectivity index (χ2n) is 7.24. The smallest absolute Gasteiger partial charge is 0.245 e. The Morgan fingerprint density at radius 2 is 1.56 bits per heavy atom. The third-order valence-electron chi connectivity index (χ3n) is 3.22. The van der Waals surface area contributed by atoms with Crippen molar-refractivity contribution in [3.05, 3.63) is 23.3 Å². The van der Waals surface area contributed by atoms with Gasteiger partial charge in [-0.3, -0.25) is 0 Å². The minimum absolute atomic E-state index is 0.233. The van der Waals surface area contributed by atoms with Gasteiger partial charge in [0.2, 0.25) is 8.41 Å². The molecule has 0 aliphatic rings. The molecule has 0 aliphatic carbocycles. The third kappa shape index (κ3) is 7.32. The van der Waals surface area contributed by atoms with Crippen molar-refractivity contribution in [3.8, 4) is 0 Å². The number of halogens is 1. The largest absolute Gasteiger partial charge is 0.314 e. The molecule has 0 aromatic carbocycles. The summed E-state index contributed by atoms with van der Waals surface area (Å²) in [6.45, 7) is 17.0. The molecule has 1 unspecified atom stereocenters. The lowest BCUT2D eigenvalue weighted by Crippen LogP contribution is -2.42. The molecule has 0 heterocycles. The predicted octanol–water partition coefficient (Wildman–Crippen LogP) is 6.10. The summed E-state index contributed by atoms with van der Waals surface area (Å²) in [4.78, 5) is 0. The SMILES string of the molecule is CC(C)=CCC/C(C)=C/C([Si](C)(C)C)[Si](C)(C)F. The zero-order chi connectivity index (χ0) is 14.6. The third-order valence-corrected chi connectivity index (χ3v) is 11.6. The van der Waals surface area contributed by atoms with E-state index in [9.17, 15) is 4.11 Å². The Labute approximate surface area is 116 Å². The topological polar surface area (TPSA) is 0 Å². The fourth-order valence-electron chi connectivity index (χ4n) is 2.43. The summed E-state index contributed by atoms with van der Waals surface area (Å²) in [5.41, 5.74) is 2.72. The summed E-state index contributed by atoms with van der Waals surface area (Å²) >= 11 is 0. The van der Waals surface area contributed by atoms with Crippen molar-refractivity contribution in [1.82, 2.24) is 0 Å². The number of hydrogen-bond acceptors (Lipinski definition) is 0. The maximum absolute atomic E-state index is 14.5. The van der Waals surface area contributed by atoms with Crippen molar-refractivity contribution < 1.29 is 4.11 Å². The van der Waals surface area contributed by atoms with Gasteiger partial charge in [0.15, 0.2) is 0 Å². The molecule has 0 bridgehead atoms. The zero-order valence-electron chi connectivity index (χ0n) is 13.5. The number of allylic oxidation sites excluding steroid dienone is 4. The van der Waals surface area contributed by atoms with Crippen molar-refractivity contribution in [2.24, 2.45) is 0 Å². The Kier molecular flexibility index (Phi) is 6.79. The second kappa shape index (κ2) is 6.85. The van der Waals surface area contributed by atoms with Crippen LogP contribution in [0.1, 0.15) is 33.6 Å². The fraction of sp³-hybridized carbons (Fsp3) is 0.733. The van der Waals surface area contributed by atoms with Gasteiger partial charge in [0.05, 0.1) is 8.07 Å². The molecule has 0 rings (SSSR count). The first-order valence-electron chi connectivity index (χ1n) is 6.94. The Morgan fingerprint density at radius 3 is 1.89 bits per heavy atom. The molecule has 0 fully saturated rings. The molecule has 0 aliphatic heterocycles. The van der Waals surface area contributed by atoms with Crippen LogP contribution >= 0.6 is 0 Å². The fourth-order valence-corrected chi connectivity index (χ4v) is 12.1. The van der Waals surface area contributed by atoms with Gasteiger partial charge in [0.25, 0.3) is 0 Å². The molecule has 0 nitrogen and oxygen atoms in total. The van der Waals surface area contributed by atoms with E-state index in [1.807, 2.05) is 13.1 Å². The van der Waals surface area contributed by atoms with Gasteiger partial charge < -0.3 is 4.11 Å². The van der Waals surface area contributed by atoms with Crippen LogP contribution in [0.3, 0.4) is 0 Å². The maximum Gasteiger partial charge on any atom is 0.245 e. The summed E-state index contributed by atoms with van der Waals surface area (Å²) in [7, 11) is -4.03. The van der Waals surface area contributed by atoms with Crippen molar-refractivity contribution in [2.75, 3.05) is 0 Å². The van der Waals surface area contributed by atoms with Gasteiger partial charge in [0.1, 0.15) is 0 Å². The summed E-state index contributed by atoms with van der Waals surface area (Å²) in [6.07, 6.45) is 6.67. The lowest BCUT2D eigenvalue weighted by molar-refractivity contribution is 0.784. The molecule has 0 aromatic rings. The quantitative estimate of drug-likeness (QED) is 0.314. The average Bonchev–Trinajstić information content (AvgIpc) is 2.09. The highest BCUT2D eigenvalue weighted by atomic mass is 28.4. The van der Waals surface area contributed by atoms with E-state index in [0.717, 1.165) is 12.8 Å². The minimum Gasteiger partial charge on any atom is -0.314 e. The monoisotopic (exact) mass is 286 g/mol. The molecule has 0 saturated carbocycles. The molecule has 106 valence electrons. The van der Waals surface area contributed by atoms with Crippen molar-refractivity contribution >= 4 is 16.5 Å². The number of hydrogen-bond donors (Lipinski definition) is 0. The first kappa shape index (κ1) is 17.8. The van der Waals surface area contributed by atoms with E-state index in [-0.39, 0.29) is 5.16 Å². The maximum atomic E-state index is 14.5. The van der Waals surface area contributed by atoms with Gasteiger partial charge in [-0.15, -0.1) is 0 Å². The van der Waals surface area contributed by atoms with Crippen LogP contribution in [0.2, 0.25) is 37.9 Å². The molecule has 0 radical (unpaired) electrons. The first-order valence-corrected chi connectivity index (χ1v) is 13.5. The molecular formula is C15H31FSi2. The van der Waals surface area contributed by atoms with Crippen molar-refractivity contribution in [2.45, 2.75) is 71.5 Å².